The molecule has 102 valence electrons. The monoisotopic (exact) mass is 272 g/mol. The third kappa shape index (κ3) is 2.56. The number of aryl methyl sites for hydroxylation is 1. The van der Waals surface area contributed by atoms with Gasteiger partial charge in [-0.05, 0) is 19.8 Å². The molecule has 1 aliphatic rings. The van der Waals surface area contributed by atoms with Crippen LogP contribution in [-0.4, -0.2) is 25.6 Å². The molecule has 4 nitrogen and oxygen atoms in total. The summed E-state index contributed by atoms with van der Waals surface area (Å²) in [5.74, 6) is 0. The summed E-state index contributed by atoms with van der Waals surface area (Å²) >= 11 is 6.09. The topological polar surface area (TPSA) is 58.3 Å². The van der Waals surface area contributed by atoms with Crippen LogP contribution in [0.2, 0.25) is 5.02 Å². The van der Waals surface area contributed by atoms with E-state index in [2.05, 4.69) is 5.10 Å². The second-order valence-corrected chi connectivity index (χ2v) is 5.52. The van der Waals surface area contributed by atoms with Gasteiger partial charge in [-0.25, -0.2) is 0 Å². The first kappa shape index (κ1) is 13.8. The smallest absolute Gasteiger partial charge is 0.126 e. The van der Waals surface area contributed by atoms with Crippen molar-refractivity contribution in [2.75, 3.05) is 0 Å². The van der Waals surface area contributed by atoms with E-state index >= 15 is 0 Å². The van der Waals surface area contributed by atoms with Crippen molar-refractivity contribution in [3.8, 4) is 0 Å². The molecule has 1 aromatic heterocycles. The van der Waals surface area contributed by atoms with Gasteiger partial charge in [0.25, 0.3) is 0 Å². The summed E-state index contributed by atoms with van der Waals surface area (Å²) < 4.78 is 1.66. The van der Waals surface area contributed by atoms with Crippen LogP contribution in [0.15, 0.2) is 6.20 Å². The summed E-state index contributed by atoms with van der Waals surface area (Å²) in [6.07, 6.45) is 5.97. The Hall–Kier alpha value is -0.580. The van der Waals surface area contributed by atoms with E-state index in [1.807, 2.05) is 6.92 Å². The normalized spacial score (nSPS) is 21.6. The van der Waals surface area contributed by atoms with E-state index in [4.69, 9.17) is 11.6 Å². The van der Waals surface area contributed by atoms with Gasteiger partial charge in [-0.1, -0.05) is 37.3 Å². The second-order valence-electron chi connectivity index (χ2n) is 5.11. The van der Waals surface area contributed by atoms with Gasteiger partial charge in [0.15, 0.2) is 0 Å². The molecule has 5 heteroatoms. The maximum absolute atomic E-state index is 10.7. The van der Waals surface area contributed by atoms with Crippen LogP contribution in [0.3, 0.4) is 0 Å². The molecule has 1 saturated carbocycles. The van der Waals surface area contributed by atoms with Gasteiger partial charge in [-0.15, -0.1) is 0 Å². The van der Waals surface area contributed by atoms with Gasteiger partial charge in [0.2, 0.25) is 0 Å². The third-order valence-electron chi connectivity index (χ3n) is 3.87. The molecule has 1 heterocycles. The van der Waals surface area contributed by atoms with Crippen molar-refractivity contribution in [1.82, 2.24) is 9.78 Å². The van der Waals surface area contributed by atoms with Crippen LogP contribution in [0.25, 0.3) is 0 Å². The third-order valence-corrected chi connectivity index (χ3v) is 4.16. The molecular formula is C13H21ClN2O2. The first-order chi connectivity index (χ1) is 8.58. The van der Waals surface area contributed by atoms with E-state index < -0.39 is 11.7 Å². The minimum atomic E-state index is -1.06. The van der Waals surface area contributed by atoms with Crippen LogP contribution in [0.5, 0.6) is 0 Å². The van der Waals surface area contributed by atoms with Gasteiger partial charge in [0.05, 0.1) is 22.5 Å². The van der Waals surface area contributed by atoms with Crippen molar-refractivity contribution in [3.05, 3.63) is 16.9 Å². The van der Waals surface area contributed by atoms with Crippen molar-refractivity contribution >= 4 is 11.6 Å². The quantitative estimate of drug-likeness (QED) is 0.832. The zero-order valence-electron chi connectivity index (χ0n) is 10.8. The Kier molecular flexibility index (Phi) is 4.30. The molecule has 0 bridgehead atoms. The highest BCUT2D eigenvalue weighted by Gasteiger charge is 2.39. The summed E-state index contributed by atoms with van der Waals surface area (Å²) in [4.78, 5) is 0. The van der Waals surface area contributed by atoms with Gasteiger partial charge in [-0.3, -0.25) is 4.68 Å². The van der Waals surface area contributed by atoms with E-state index in [0.717, 1.165) is 25.7 Å². The molecule has 1 atom stereocenters. The highest BCUT2D eigenvalue weighted by Crippen LogP contribution is 2.39. The molecule has 1 fully saturated rings. The maximum Gasteiger partial charge on any atom is 0.126 e. The van der Waals surface area contributed by atoms with Gasteiger partial charge in [0, 0.05) is 6.54 Å². The zero-order chi connectivity index (χ0) is 13.2. The molecule has 0 aliphatic heterocycles. The fourth-order valence-electron chi connectivity index (χ4n) is 2.76. The maximum atomic E-state index is 10.7. The Labute approximate surface area is 113 Å². The minimum absolute atomic E-state index is 0.432. The van der Waals surface area contributed by atoms with Gasteiger partial charge < -0.3 is 10.2 Å². The Morgan fingerprint density at radius 3 is 2.56 bits per heavy atom. The Morgan fingerprint density at radius 2 is 2.00 bits per heavy atom. The second kappa shape index (κ2) is 5.59. The van der Waals surface area contributed by atoms with E-state index in [0.29, 0.717) is 30.1 Å². The highest BCUT2D eigenvalue weighted by molar-refractivity contribution is 6.31. The number of aromatic nitrogens is 2. The lowest BCUT2D eigenvalue weighted by Gasteiger charge is -2.32. The fraction of sp³-hybridized carbons (Fsp3) is 0.769. The predicted octanol–water partition coefficient (Wildman–Crippen LogP) is 2.68. The van der Waals surface area contributed by atoms with Crippen LogP contribution in [0.1, 0.15) is 57.2 Å². The van der Waals surface area contributed by atoms with Crippen LogP contribution in [0, 0.1) is 0 Å². The van der Waals surface area contributed by atoms with Crippen molar-refractivity contribution in [2.45, 2.75) is 63.7 Å². The Morgan fingerprint density at radius 1 is 1.39 bits per heavy atom. The summed E-state index contributed by atoms with van der Waals surface area (Å²) in [7, 11) is 0. The van der Waals surface area contributed by atoms with Gasteiger partial charge >= 0.3 is 0 Å². The lowest BCUT2D eigenvalue weighted by molar-refractivity contribution is -0.0900. The van der Waals surface area contributed by atoms with Crippen molar-refractivity contribution < 1.29 is 10.2 Å². The van der Waals surface area contributed by atoms with Crippen molar-refractivity contribution in [3.63, 3.8) is 0 Å². The summed E-state index contributed by atoms with van der Waals surface area (Å²) in [5.41, 5.74) is -0.517. The van der Waals surface area contributed by atoms with E-state index in [1.54, 1.807) is 4.68 Å². The number of rotatable bonds is 3. The Bertz CT molecular complexity index is 398. The number of hydrogen-bond acceptors (Lipinski definition) is 3. The average Bonchev–Trinajstić information content (AvgIpc) is 2.57. The molecule has 18 heavy (non-hydrogen) atoms. The minimum Gasteiger partial charge on any atom is -0.387 e. The fourth-order valence-corrected chi connectivity index (χ4v) is 3.01. The SMILES string of the molecule is CCn1ncc(Cl)c1C(O)C1(O)CCCCCC1. The first-order valence-corrected chi connectivity index (χ1v) is 7.08. The molecule has 1 aliphatic carbocycles. The number of hydrogen-bond donors (Lipinski definition) is 2. The molecule has 0 amide bonds. The van der Waals surface area contributed by atoms with Gasteiger partial charge in [-0.2, -0.15) is 5.10 Å². The summed E-state index contributed by atoms with van der Waals surface area (Å²) in [6.45, 7) is 2.58. The highest BCUT2D eigenvalue weighted by atomic mass is 35.5. The van der Waals surface area contributed by atoms with Crippen LogP contribution >= 0.6 is 11.6 Å². The summed E-state index contributed by atoms with van der Waals surface area (Å²) in [5, 5.41) is 25.8. The molecule has 0 radical (unpaired) electrons. The number of aliphatic hydroxyl groups excluding tert-OH is 1. The summed E-state index contributed by atoms with van der Waals surface area (Å²) in [6, 6.07) is 0. The first-order valence-electron chi connectivity index (χ1n) is 6.70. The number of nitrogens with zero attached hydrogens (tertiary/aromatic N) is 2. The van der Waals surface area contributed by atoms with E-state index in [9.17, 15) is 10.2 Å². The molecule has 0 saturated heterocycles. The van der Waals surface area contributed by atoms with Crippen LogP contribution in [-0.2, 0) is 6.54 Å². The van der Waals surface area contributed by atoms with E-state index in [-0.39, 0.29) is 0 Å². The van der Waals surface area contributed by atoms with Crippen molar-refractivity contribution in [2.24, 2.45) is 0 Å². The molecule has 1 aromatic rings. The molecule has 1 unspecified atom stereocenters. The molecular weight excluding hydrogens is 252 g/mol. The number of aliphatic hydroxyl groups is 2. The predicted molar refractivity (Wildman–Crippen MR) is 70.5 cm³/mol. The molecule has 2 N–H and O–H groups in total. The lowest BCUT2D eigenvalue weighted by Crippen LogP contribution is -2.37. The molecule has 0 spiro atoms. The lowest BCUT2D eigenvalue weighted by atomic mass is 9.86. The number of halogens is 1. The Balaban J connectivity index is 2.28. The van der Waals surface area contributed by atoms with Crippen LogP contribution < -0.4 is 0 Å². The average molecular weight is 273 g/mol. The molecule has 2 rings (SSSR count). The zero-order valence-corrected chi connectivity index (χ0v) is 11.5. The largest absolute Gasteiger partial charge is 0.387 e. The van der Waals surface area contributed by atoms with Gasteiger partial charge in [0.1, 0.15) is 6.10 Å². The van der Waals surface area contributed by atoms with E-state index in [1.165, 1.54) is 6.20 Å². The van der Waals surface area contributed by atoms with Crippen molar-refractivity contribution in [1.29, 1.82) is 0 Å². The standard InChI is InChI=1S/C13H21ClN2O2/c1-2-16-11(10(14)9-15-16)12(17)13(18)7-5-3-4-6-8-13/h9,12,17-18H,2-8H2,1H3. The van der Waals surface area contributed by atoms with Crippen LogP contribution in [0.4, 0.5) is 0 Å². The molecule has 0 aromatic carbocycles.